The fourth-order valence-corrected chi connectivity index (χ4v) is 0.884. The number of ether oxygens (including phenoxy) is 1. The van der Waals surface area contributed by atoms with Crippen LogP contribution < -0.4 is 0 Å². The Morgan fingerprint density at radius 1 is 1.06 bits per heavy atom. The van der Waals surface area contributed by atoms with Gasteiger partial charge in [-0.15, -0.1) is 5.73 Å². The molecule has 0 atom stereocenters. The molecule has 2 N–H and O–H groups in total. The molecule has 0 unspecified atom stereocenters. The SMILES string of the molecule is C=C=C.CCCOCCC.Oc1cccc(O)c1. The van der Waals surface area contributed by atoms with Crippen molar-refractivity contribution in [2.45, 2.75) is 26.7 Å². The largest absolute Gasteiger partial charge is 0.508 e. The molecule has 0 spiro atoms. The van der Waals surface area contributed by atoms with Gasteiger partial charge < -0.3 is 14.9 Å². The van der Waals surface area contributed by atoms with Gasteiger partial charge in [0.2, 0.25) is 0 Å². The van der Waals surface area contributed by atoms with Gasteiger partial charge in [0.15, 0.2) is 0 Å². The van der Waals surface area contributed by atoms with Crippen LogP contribution in [0.5, 0.6) is 11.5 Å². The van der Waals surface area contributed by atoms with Crippen molar-refractivity contribution in [3.63, 3.8) is 0 Å². The van der Waals surface area contributed by atoms with Crippen molar-refractivity contribution in [1.82, 2.24) is 0 Å². The summed E-state index contributed by atoms with van der Waals surface area (Å²) in [5, 5.41) is 17.3. The van der Waals surface area contributed by atoms with Crippen LogP contribution in [0, 0.1) is 0 Å². The zero-order valence-corrected chi connectivity index (χ0v) is 11.4. The lowest BCUT2D eigenvalue weighted by Crippen LogP contribution is -1.92. The van der Waals surface area contributed by atoms with Gasteiger partial charge in [0.1, 0.15) is 11.5 Å². The molecule has 102 valence electrons. The van der Waals surface area contributed by atoms with E-state index in [-0.39, 0.29) is 11.5 Å². The minimum Gasteiger partial charge on any atom is -0.508 e. The first-order valence-corrected chi connectivity index (χ1v) is 5.97. The Bertz CT molecular complexity index is 294. The molecule has 0 aliphatic heterocycles. The summed E-state index contributed by atoms with van der Waals surface area (Å²) >= 11 is 0. The van der Waals surface area contributed by atoms with Gasteiger partial charge in [-0.2, -0.15) is 0 Å². The molecule has 0 aliphatic rings. The summed E-state index contributed by atoms with van der Waals surface area (Å²) in [5.74, 6) is 0.176. The summed E-state index contributed by atoms with van der Waals surface area (Å²) in [4.78, 5) is 0. The van der Waals surface area contributed by atoms with E-state index in [9.17, 15) is 0 Å². The number of phenols is 2. The molecule has 0 aromatic heterocycles. The van der Waals surface area contributed by atoms with E-state index < -0.39 is 0 Å². The minimum atomic E-state index is 0.0880. The van der Waals surface area contributed by atoms with E-state index in [2.05, 4.69) is 32.7 Å². The molecule has 0 saturated heterocycles. The van der Waals surface area contributed by atoms with Crippen LogP contribution in [0.25, 0.3) is 0 Å². The number of benzene rings is 1. The Morgan fingerprint density at radius 3 is 1.67 bits per heavy atom. The Hall–Kier alpha value is -1.70. The molecular formula is C15H24O3. The average molecular weight is 252 g/mol. The number of hydrogen-bond acceptors (Lipinski definition) is 3. The maximum atomic E-state index is 8.65. The van der Waals surface area contributed by atoms with E-state index in [1.165, 1.54) is 18.2 Å². The van der Waals surface area contributed by atoms with E-state index in [4.69, 9.17) is 14.9 Å². The topological polar surface area (TPSA) is 49.7 Å². The highest BCUT2D eigenvalue weighted by Crippen LogP contribution is 2.14. The third-order valence-corrected chi connectivity index (χ3v) is 1.53. The van der Waals surface area contributed by atoms with Gasteiger partial charge in [0.25, 0.3) is 0 Å². The second-order valence-electron chi connectivity index (χ2n) is 3.38. The first kappa shape index (κ1) is 18.7. The third kappa shape index (κ3) is 16.7. The molecule has 3 nitrogen and oxygen atoms in total. The van der Waals surface area contributed by atoms with Gasteiger partial charge in [-0.05, 0) is 25.0 Å². The molecule has 0 fully saturated rings. The fraction of sp³-hybridized carbons (Fsp3) is 0.400. The summed E-state index contributed by atoms with van der Waals surface area (Å²) in [6.07, 6.45) is 2.28. The van der Waals surface area contributed by atoms with Crippen molar-refractivity contribution in [1.29, 1.82) is 0 Å². The molecule has 0 heterocycles. The smallest absolute Gasteiger partial charge is 0.119 e. The highest BCUT2D eigenvalue weighted by molar-refractivity contribution is 5.30. The van der Waals surface area contributed by atoms with Crippen molar-refractivity contribution in [3.8, 4) is 11.5 Å². The molecule has 0 amide bonds. The number of phenolic OH excluding ortho intramolecular Hbond substituents is 2. The van der Waals surface area contributed by atoms with Crippen LogP contribution in [0.1, 0.15) is 26.7 Å². The monoisotopic (exact) mass is 252 g/mol. The molecule has 1 aromatic rings. The summed E-state index contributed by atoms with van der Waals surface area (Å²) in [7, 11) is 0. The lowest BCUT2D eigenvalue weighted by Gasteiger charge is -1.95. The number of rotatable bonds is 4. The zero-order chi connectivity index (χ0) is 14.2. The predicted molar refractivity (Wildman–Crippen MR) is 75.9 cm³/mol. The van der Waals surface area contributed by atoms with Crippen molar-refractivity contribution in [2.75, 3.05) is 13.2 Å². The van der Waals surface area contributed by atoms with E-state index in [0.29, 0.717) is 0 Å². The molecule has 18 heavy (non-hydrogen) atoms. The maximum Gasteiger partial charge on any atom is 0.119 e. The van der Waals surface area contributed by atoms with Crippen molar-refractivity contribution in [3.05, 3.63) is 43.2 Å². The highest BCUT2D eigenvalue weighted by Gasteiger charge is 1.85. The maximum absolute atomic E-state index is 8.65. The second kappa shape index (κ2) is 15.3. The minimum absolute atomic E-state index is 0.0880. The summed E-state index contributed by atoms with van der Waals surface area (Å²) in [6, 6.07) is 5.85. The quantitative estimate of drug-likeness (QED) is 0.631. The standard InChI is InChI=1S/C6H6O2.C6H14O.C3H4/c7-5-2-1-3-6(8)4-5;1-3-5-7-6-4-2;1-3-2/h1-4,7-8H;3-6H2,1-2H3;1-2H2. The summed E-state index contributed by atoms with van der Waals surface area (Å²) in [6.45, 7) is 12.3. The molecule has 0 radical (unpaired) electrons. The van der Waals surface area contributed by atoms with Crippen LogP contribution in [0.3, 0.4) is 0 Å². The molecule has 0 bridgehead atoms. The lowest BCUT2D eigenvalue weighted by atomic mass is 10.3. The molecule has 1 aromatic carbocycles. The summed E-state index contributed by atoms with van der Waals surface area (Å²) < 4.78 is 5.13. The molecular weight excluding hydrogens is 228 g/mol. The number of aromatic hydroxyl groups is 2. The van der Waals surface area contributed by atoms with E-state index in [1.54, 1.807) is 6.07 Å². The van der Waals surface area contributed by atoms with Crippen molar-refractivity contribution < 1.29 is 14.9 Å². The molecule has 0 aliphatic carbocycles. The Balaban J connectivity index is 0. The van der Waals surface area contributed by atoms with Crippen LogP contribution in [0.15, 0.2) is 43.2 Å². The molecule has 0 saturated carbocycles. The van der Waals surface area contributed by atoms with Gasteiger partial charge in [-0.1, -0.05) is 33.1 Å². The fourth-order valence-electron chi connectivity index (χ4n) is 0.884. The second-order valence-corrected chi connectivity index (χ2v) is 3.38. The van der Waals surface area contributed by atoms with Crippen LogP contribution in [-0.4, -0.2) is 23.4 Å². The van der Waals surface area contributed by atoms with Gasteiger partial charge in [0, 0.05) is 19.3 Å². The Morgan fingerprint density at radius 2 is 1.44 bits per heavy atom. The van der Waals surface area contributed by atoms with Crippen LogP contribution in [-0.2, 0) is 4.74 Å². The summed E-state index contributed by atoms with van der Waals surface area (Å²) in [5.41, 5.74) is 2.25. The third-order valence-electron chi connectivity index (χ3n) is 1.53. The first-order valence-electron chi connectivity index (χ1n) is 5.97. The Labute approximate surface area is 110 Å². The van der Waals surface area contributed by atoms with Crippen LogP contribution >= 0.6 is 0 Å². The van der Waals surface area contributed by atoms with Crippen molar-refractivity contribution >= 4 is 0 Å². The van der Waals surface area contributed by atoms with Gasteiger partial charge in [-0.25, -0.2) is 0 Å². The zero-order valence-electron chi connectivity index (χ0n) is 11.4. The molecule has 3 heteroatoms. The van der Waals surface area contributed by atoms with Gasteiger partial charge in [0.05, 0.1) is 0 Å². The van der Waals surface area contributed by atoms with Crippen LogP contribution in [0.4, 0.5) is 0 Å². The first-order chi connectivity index (χ1) is 8.62. The van der Waals surface area contributed by atoms with Gasteiger partial charge >= 0.3 is 0 Å². The molecule has 1 rings (SSSR count). The average Bonchev–Trinajstić information content (AvgIpc) is 2.31. The van der Waals surface area contributed by atoms with Gasteiger partial charge in [-0.3, -0.25) is 0 Å². The van der Waals surface area contributed by atoms with E-state index >= 15 is 0 Å². The number of hydrogen-bond donors (Lipinski definition) is 2. The highest BCUT2D eigenvalue weighted by atomic mass is 16.5. The van der Waals surface area contributed by atoms with E-state index in [1.807, 2.05) is 0 Å². The predicted octanol–water partition coefficient (Wildman–Crippen LogP) is 3.88. The Kier molecular flexibility index (Phi) is 15.9. The van der Waals surface area contributed by atoms with Crippen molar-refractivity contribution in [2.24, 2.45) is 0 Å². The van der Waals surface area contributed by atoms with Crippen LogP contribution in [0.2, 0.25) is 0 Å². The lowest BCUT2D eigenvalue weighted by molar-refractivity contribution is 0.135. The normalized spacial score (nSPS) is 8.11. The van der Waals surface area contributed by atoms with E-state index in [0.717, 1.165) is 26.1 Å².